The Morgan fingerprint density at radius 1 is 0.302 bits per heavy atom. The molecule has 0 bridgehead atoms. The fourth-order valence-electron chi connectivity index (χ4n) is 18.9. The number of nitrogens with zero attached hydrogens (tertiary/aromatic N) is 10. The molecule has 0 saturated carbocycles. The van der Waals surface area contributed by atoms with Crippen LogP contribution in [0.25, 0.3) is 179 Å². The molecule has 0 amide bonds. The van der Waals surface area contributed by atoms with Crippen LogP contribution in [0.4, 0.5) is 0 Å². The zero-order chi connectivity index (χ0) is 98.1. The van der Waals surface area contributed by atoms with Crippen molar-refractivity contribution in [3.8, 4) is 158 Å². The second kappa shape index (κ2) is 50.6. The van der Waals surface area contributed by atoms with Crippen molar-refractivity contribution in [1.82, 2.24) is 49.4 Å². The summed E-state index contributed by atoms with van der Waals surface area (Å²) < 4.78 is 8.01. The number of rotatable bonds is 17. The van der Waals surface area contributed by atoms with Gasteiger partial charge in [-0.25, -0.2) is 5.56 Å². The number of aryl methyl sites for hydroxylation is 3. The van der Waals surface area contributed by atoms with Gasteiger partial charge in [0.15, 0.2) is 12.9 Å². The Hall–Kier alpha value is -15.7. The molecule has 25 rings (SSSR count). The first-order chi connectivity index (χ1) is 70.9. The third kappa shape index (κ3) is 24.1. The normalized spacial score (nSPS) is 11.9. The minimum atomic E-state index is -0.0940. The van der Waals surface area contributed by atoms with Crippen LogP contribution in [-0.4, -0.2) is 77.1 Å². The van der Waals surface area contributed by atoms with Crippen LogP contribution in [0.5, 0.6) is 23.0 Å². The molecule has 11 heterocycles. The first-order valence-corrected chi connectivity index (χ1v) is 48.3. The van der Waals surface area contributed by atoms with E-state index in [1.807, 2.05) is 273 Å². The van der Waals surface area contributed by atoms with Crippen LogP contribution in [0, 0.1) is 36.4 Å². The van der Waals surface area contributed by atoms with Crippen LogP contribution in [0.15, 0.2) is 424 Å². The van der Waals surface area contributed by atoms with E-state index in [2.05, 4.69) is 179 Å². The molecular weight excluding hydrogens is 2060 g/mol. The summed E-state index contributed by atoms with van der Waals surface area (Å²) in [4.78, 5) is 41.6. The molecule has 12 aromatic carbocycles. The topological polar surface area (TPSA) is 215 Å². The van der Waals surface area contributed by atoms with Gasteiger partial charge in [0.2, 0.25) is 0 Å². The summed E-state index contributed by atoms with van der Waals surface area (Å²) in [6.45, 7) is 7.49. The third-order valence-electron chi connectivity index (χ3n) is 25.7. The molecule has 1 unspecified atom stereocenters. The zero-order valence-corrected chi connectivity index (χ0v) is 86.1. The van der Waals surface area contributed by atoms with Gasteiger partial charge in [0.05, 0.1) is 38.7 Å². The average molecular weight is 2160 g/mol. The van der Waals surface area contributed by atoms with Gasteiger partial charge in [-0.3, -0.25) is 44.9 Å². The van der Waals surface area contributed by atoms with Gasteiger partial charge in [-0.15, -0.1) is 121 Å². The predicted octanol–water partition coefficient (Wildman–Crippen LogP) is 28.3. The van der Waals surface area contributed by atoms with Crippen LogP contribution >= 0.6 is 0 Å². The number of pyridine rings is 9. The molecule has 1 atom stereocenters. The van der Waals surface area contributed by atoms with Gasteiger partial charge < -0.3 is 29.4 Å². The Labute approximate surface area is 918 Å². The Morgan fingerprint density at radius 2 is 0.698 bits per heavy atom. The van der Waals surface area contributed by atoms with Crippen LogP contribution in [0.2, 0.25) is 0 Å². The number of aromatic hydroxyl groups is 4. The monoisotopic (exact) mass is 2150 g/mol. The molecule has 0 fully saturated rings. The summed E-state index contributed by atoms with van der Waals surface area (Å²) in [5.74, 6) is 1.03. The van der Waals surface area contributed by atoms with Gasteiger partial charge in [-0.2, -0.15) is 42.0 Å². The molecule has 0 aliphatic heterocycles. The zero-order valence-electron chi connectivity index (χ0n) is 81.1. The van der Waals surface area contributed by atoms with Crippen LogP contribution < -0.4 is 10.9 Å². The Balaban J connectivity index is 0.000000135. The van der Waals surface area contributed by atoms with Gasteiger partial charge in [0.1, 0.15) is 34.1 Å². The molecule has 4 N–H and O–H groups in total. The molecule has 0 spiro atoms. The van der Waals surface area contributed by atoms with Crippen molar-refractivity contribution in [2.75, 3.05) is 0 Å². The van der Waals surface area contributed by atoms with Gasteiger partial charge in [-0.05, 0) is 133 Å². The van der Waals surface area contributed by atoms with E-state index in [0.29, 0.717) is 33.6 Å². The Bertz CT molecular complexity index is 8360. The van der Waals surface area contributed by atoms with E-state index in [1.165, 1.54) is 27.6 Å². The summed E-state index contributed by atoms with van der Waals surface area (Å²) in [6, 6.07) is 147. The fourth-order valence-corrected chi connectivity index (χ4v) is 18.9. The average Bonchev–Trinajstić information content (AvgIpc) is 1.54. The van der Waals surface area contributed by atoms with Crippen molar-refractivity contribution < 1.29 is 107 Å². The largest absolute Gasteiger partial charge is 2.00 e. The molecule has 23 aromatic rings. The summed E-state index contributed by atoms with van der Waals surface area (Å²) in [6.07, 6.45) is 14.9. The maximum Gasteiger partial charge on any atom is 2.00 e. The maximum atomic E-state index is 10.8. The van der Waals surface area contributed by atoms with Gasteiger partial charge in [-0.1, -0.05) is 277 Å². The molecule has 15 nitrogen and oxygen atoms in total. The predicted molar refractivity (Wildman–Crippen MR) is 579 cm³/mol. The number of fused-ring (bicyclic) bond motifs is 12. The summed E-state index contributed by atoms with van der Waals surface area (Å²) in [7, 11) is 2.17. The second-order valence-electron chi connectivity index (χ2n) is 34.9. The van der Waals surface area contributed by atoms with Crippen LogP contribution in [0.3, 0.4) is 0 Å². The summed E-state index contributed by atoms with van der Waals surface area (Å²) in [5, 5.41) is 43.3. The first-order valence-electron chi connectivity index (χ1n) is 48.3. The van der Waals surface area contributed by atoms with Crippen molar-refractivity contribution in [2.45, 2.75) is 71.3 Å². The molecule has 21 heteroatoms. The number of aromatic nitrogens is 10. The molecule has 11 aromatic heterocycles. The third-order valence-corrected chi connectivity index (χ3v) is 25.7. The fraction of sp³-hybridized carbons (Fsp3) is 0.0859. The Kier molecular flexibility index (Phi) is 36.5. The van der Waals surface area contributed by atoms with E-state index in [0.717, 1.165) is 208 Å². The maximum absolute atomic E-state index is 10.8. The van der Waals surface area contributed by atoms with Gasteiger partial charge in [0, 0.05) is 171 Å². The molecule has 149 heavy (non-hydrogen) atoms. The van der Waals surface area contributed by atoms with Crippen LogP contribution in [-0.2, 0) is 107 Å². The summed E-state index contributed by atoms with van der Waals surface area (Å²) in [5.41, 5.74) is 33.6. The molecule has 1 radical (unpaired) electrons. The van der Waals surface area contributed by atoms with E-state index in [9.17, 15) is 20.4 Å². The molecule has 2 aliphatic rings. The summed E-state index contributed by atoms with van der Waals surface area (Å²) >= 11 is 0. The van der Waals surface area contributed by atoms with Crippen molar-refractivity contribution in [1.29, 1.82) is 0 Å². The van der Waals surface area contributed by atoms with E-state index < -0.39 is 0 Å². The number of phenolic OH excluding ortho intramolecular Hbond substituents is 4. The number of hydrogen-bond acceptors (Lipinski definition) is 14. The molecule has 745 valence electrons. The van der Waals surface area contributed by atoms with E-state index in [4.69, 9.17) is 24.4 Å². The SMILES string of the molecule is CCCC1(CC)c2ccc(-c3[c-]c(-c4ccccn4)ccc3)nc2-c2c(O)cccc21.CCCn1c2ccc(-c3[c-]c(-c4ccccn4)ccc3)nc2c2c(O)cccc21.Oc1cccc2c1-c1nc(-c3[c-]c(-c4ccccn4)ccc3)ccc1CC2.Oc1cccc2oc3ccc(-c4[c-]c(-c5ccccn5)ccc4)nc3c12.[B](c1ccccc1)c1ccccc1.[Ni+2].[Ni].[Ni].[Ni].[Ni].[c-]1ccccc1-c1[c-]c(-c2ccccn2)ccc1. The standard InChI is InChI=1S/C28H25N2O.C25H20N3O.C24H17N2O.C22H13N2O2.C17H11N.C12H10B.5Ni/c1-3-16-28(4-2)21-11-8-13-25(31)26(21)27-22(28)14-15-24(30-27)20-10-7-9-19(18-20)23-12-5-6-17-29-23;1-2-15-28-21-10-6-11-23(29)24(21)25-22(28)13-12-20(27-25)18-8-5-7-17(16-18)19-9-3-4-14-26-19;27-22-9-4-5-16-10-11-17-12-13-21(26-24(17)23(16)22)19-7-3-6-18(15-19)20-8-1-2-14-25-20;25-18-8-4-9-19-21(18)22-20(26-19)11-10-17(24-22)15-6-3-5-14(13-15)16-7-1-2-12-23-16;1-2-7-14(8-3-1)15-9-6-10-16(13-15)17-11-4-5-12-18-17;1-3-7-11(8-4-1)13-12-9-5-2-6-10-12;;;;;/h5-15,17,31H,3-4,16H2,1-2H3;3-14,29H,2,15H2,1H3;1-9,12-14,27H,10-11H2;1-12,25H;1-7,9-12H;1-10H;;;;;/q4*-1;-2;;;;;;+2. The van der Waals surface area contributed by atoms with Crippen molar-refractivity contribution in [3.05, 3.63) is 478 Å². The number of benzene rings is 12. The van der Waals surface area contributed by atoms with E-state index in [-0.39, 0.29) is 99.4 Å². The second-order valence-corrected chi connectivity index (χ2v) is 34.9. The molecular formula is C128H96BN10Ni5O5-4. The van der Waals surface area contributed by atoms with Crippen molar-refractivity contribution in [2.24, 2.45) is 0 Å². The van der Waals surface area contributed by atoms with E-state index >= 15 is 0 Å². The quantitative estimate of drug-likeness (QED) is 0.0493. The number of furan rings is 1. The molecule has 0 saturated heterocycles. The number of phenols is 4. The van der Waals surface area contributed by atoms with Crippen molar-refractivity contribution >= 4 is 62.2 Å². The smallest absolute Gasteiger partial charge is 0.507 e. The van der Waals surface area contributed by atoms with E-state index in [1.54, 1.807) is 61.3 Å². The van der Waals surface area contributed by atoms with Crippen LogP contribution in [0.1, 0.15) is 68.7 Å². The minimum Gasteiger partial charge on any atom is -0.507 e. The minimum absolute atomic E-state index is 0. The Morgan fingerprint density at radius 3 is 1.18 bits per heavy atom. The van der Waals surface area contributed by atoms with Gasteiger partial charge >= 0.3 is 16.5 Å². The van der Waals surface area contributed by atoms with Crippen molar-refractivity contribution in [3.63, 3.8) is 0 Å². The first kappa shape index (κ1) is 108. The number of hydrogen-bond donors (Lipinski definition) is 4. The van der Waals surface area contributed by atoms with Gasteiger partial charge in [0.25, 0.3) is 0 Å². The molecule has 2 aliphatic carbocycles.